The van der Waals surface area contributed by atoms with Crippen LogP contribution >= 0.6 is 0 Å². The van der Waals surface area contributed by atoms with Crippen molar-refractivity contribution in [2.24, 2.45) is 0 Å². The lowest BCUT2D eigenvalue weighted by molar-refractivity contribution is -0.138. The molecule has 0 aliphatic rings. The molecule has 2 heteroatoms. The van der Waals surface area contributed by atoms with Crippen molar-refractivity contribution in [2.45, 2.75) is 26.7 Å². The van der Waals surface area contributed by atoms with Gasteiger partial charge >= 0.3 is 5.97 Å². The molecule has 2 nitrogen and oxygen atoms in total. The largest absolute Gasteiger partial charge is 0.462 e. The highest BCUT2D eigenvalue weighted by Gasteiger charge is 2.03. The van der Waals surface area contributed by atoms with Crippen LogP contribution in [0.15, 0.2) is 42.0 Å². The van der Waals surface area contributed by atoms with Gasteiger partial charge in [-0.05, 0) is 25.3 Å². The summed E-state index contributed by atoms with van der Waals surface area (Å²) >= 11 is 0. The fourth-order valence-electron chi connectivity index (χ4n) is 1.28. The summed E-state index contributed by atoms with van der Waals surface area (Å²) in [6.45, 7) is 4.27. The lowest BCUT2D eigenvalue weighted by Gasteiger charge is -2.03. The van der Waals surface area contributed by atoms with E-state index >= 15 is 0 Å². The van der Waals surface area contributed by atoms with Gasteiger partial charge in [-0.15, -0.1) is 0 Å². The normalized spacial score (nSPS) is 11.2. The molecule has 0 atom stereocenters. The third-order valence-corrected chi connectivity index (χ3v) is 2.25. The predicted octanol–water partition coefficient (Wildman–Crippen LogP) is 3.13. The van der Waals surface area contributed by atoms with Crippen LogP contribution in [0.1, 0.15) is 25.8 Å². The highest BCUT2D eigenvalue weighted by atomic mass is 16.5. The van der Waals surface area contributed by atoms with Crippen LogP contribution in [0.25, 0.3) is 0 Å². The summed E-state index contributed by atoms with van der Waals surface area (Å²) in [7, 11) is 0. The second kappa shape index (κ2) is 6.83. The van der Waals surface area contributed by atoms with Gasteiger partial charge in [0, 0.05) is 5.57 Å². The van der Waals surface area contributed by atoms with E-state index in [9.17, 15) is 4.79 Å². The maximum atomic E-state index is 11.4. The Hall–Kier alpha value is -1.57. The summed E-state index contributed by atoms with van der Waals surface area (Å²) in [5.74, 6) is -0.210. The Labute approximate surface area is 96.9 Å². The van der Waals surface area contributed by atoms with Gasteiger partial charge in [-0.2, -0.15) is 0 Å². The lowest BCUT2D eigenvalue weighted by atomic mass is 10.1. The molecular formula is C14H18O2. The van der Waals surface area contributed by atoms with E-state index in [-0.39, 0.29) is 5.97 Å². The number of esters is 1. The smallest absolute Gasteiger partial charge is 0.333 e. The maximum absolute atomic E-state index is 11.4. The molecule has 0 spiro atoms. The van der Waals surface area contributed by atoms with Crippen molar-refractivity contribution >= 4 is 5.97 Å². The topological polar surface area (TPSA) is 26.3 Å². The first-order chi connectivity index (χ1) is 7.74. The van der Waals surface area contributed by atoms with E-state index in [0.29, 0.717) is 12.2 Å². The zero-order valence-corrected chi connectivity index (χ0v) is 9.90. The third kappa shape index (κ3) is 4.30. The molecule has 1 aromatic rings. The molecule has 86 valence electrons. The molecule has 0 saturated heterocycles. The van der Waals surface area contributed by atoms with E-state index in [4.69, 9.17) is 4.74 Å². The zero-order valence-electron chi connectivity index (χ0n) is 9.90. The molecule has 0 N–H and O–H groups in total. The van der Waals surface area contributed by atoms with Gasteiger partial charge in [-0.25, -0.2) is 4.79 Å². The quantitative estimate of drug-likeness (QED) is 0.560. The van der Waals surface area contributed by atoms with Crippen molar-refractivity contribution in [1.29, 1.82) is 0 Å². The van der Waals surface area contributed by atoms with E-state index in [1.54, 1.807) is 6.92 Å². The Balaban J connectivity index is 2.48. The first-order valence-corrected chi connectivity index (χ1v) is 5.62. The second-order valence-electron chi connectivity index (χ2n) is 3.71. The van der Waals surface area contributed by atoms with Gasteiger partial charge in [-0.1, -0.05) is 43.3 Å². The van der Waals surface area contributed by atoms with E-state index in [0.717, 1.165) is 12.8 Å². The van der Waals surface area contributed by atoms with Crippen LogP contribution in [0.4, 0.5) is 0 Å². The van der Waals surface area contributed by atoms with Crippen LogP contribution < -0.4 is 0 Å². The molecule has 0 radical (unpaired) electrons. The van der Waals surface area contributed by atoms with Crippen molar-refractivity contribution in [3.8, 4) is 0 Å². The van der Waals surface area contributed by atoms with Crippen molar-refractivity contribution in [3.05, 3.63) is 47.5 Å². The lowest BCUT2D eigenvalue weighted by Crippen LogP contribution is -2.06. The third-order valence-electron chi connectivity index (χ3n) is 2.25. The molecule has 0 fully saturated rings. The van der Waals surface area contributed by atoms with Crippen molar-refractivity contribution in [3.63, 3.8) is 0 Å². The van der Waals surface area contributed by atoms with Crippen LogP contribution in [-0.4, -0.2) is 12.6 Å². The SMILES string of the molecule is CCCOC(=O)C(C)=CCc1ccccc1. The summed E-state index contributed by atoms with van der Waals surface area (Å²) in [4.78, 5) is 11.4. The molecule has 1 rings (SSSR count). The molecule has 0 heterocycles. The Bertz CT molecular complexity index is 352. The minimum absolute atomic E-state index is 0.210. The molecule has 0 aromatic heterocycles. The number of benzene rings is 1. The van der Waals surface area contributed by atoms with Gasteiger partial charge in [0.2, 0.25) is 0 Å². The fraction of sp³-hybridized carbons (Fsp3) is 0.357. The minimum Gasteiger partial charge on any atom is -0.462 e. The van der Waals surface area contributed by atoms with Crippen LogP contribution in [0.3, 0.4) is 0 Å². The molecule has 0 saturated carbocycles. The number of carbonyl (C=O) groups excluding carboxylic acids is 1. The van der Waals surface area contributed by atoms with Crippen molar-refractivity contribution < 1.29 is 9.53 Å². The number of ether oxygens (including phenoxy) is 1. The summed E-state index contributed by atoms with van der Waals surface area (Å²) in [5, 5.41) is 0. The Morgan fingerprint density at radius 2 is 2.00 bits per heavy atom. The number of allylic oxidation sites excluding steroid dienone is 1. The first-order valence-electron chi connectivity index (χ1n) is 5.62. The molecular weight excluding hydrogens is 200 g/mol. The van der Waals surface area contributed by atoms with Crippen LogP contribution in [0, 0.1) is 0 Å². The highest BCUT2D eigenvalue weighted by Crippen LogP contribution is 2.04. The van der Waals surface area contributed by atoms with Crippen LogP contribution in [0.5, 0.6) is 0 Å². The van der Waals surface area contributed by atoms with Gasteiger partial charge in [-0.3, -0.25) is 0 Å². The average Bonchev–Trinajstić information content (AvgIpc) is 2.34. The van der Waals surface area contributed by atoms with Gasteiger partial charge in [0.05, 0.1) is 6.61 Å². The molecule has 0 aliphatic carbocycles. The Kier molecular flexibility index (Phi) is 5.34. The number of rotatable bonds is 5. The van der Waals surface area contributed by atoms with Gasteiger partial charge in [0.25, 0.3) is 0 Å². The van der Waals surface area contributed by atoms with Gasteiger partial charge < -0.3 is 4.74 Å². The summed E-state index contributed by atoms with van der Waals surface area (Å²) < 4.78 is 5.03. The van der Waals surface area contributed by atoms with E-state index in [1.807, 2.05) is 43.3 Å². The first kappa shape index (κ1) is 12.5. The zero-order chi connectivity index (χ0) is 11.8. The molecule has 16 heavy (non-hydrogen) atoms. The Morgan fingerprint density at radius 1 is 1.31 bits per heavy atom. The van der Waals surface area contributed by atoms with Gasteiger partial charge in [0.1, 0.15) is 0 Å². The van der Waals surface area contributed by atoms with Crippen molar-refractivity contribution in [1.82, 2.24) is 0 Å². The average molecular weight is 218 g/mol. The number of carbonyl (C=O) groups is 1. The van der Waals surface area contributed by atoms with Crippen molar-refractivity contribution in [2.75, 3.05) is 6.61 Å². The Morgan fingerprint density at radius 3 is 2.62 bits per heavy atom. The number of hydrogen-bond acceptors (Lipinski definition) is 2. The van der Waals surface area contributed by atoms with E-state index < -0.39 is 0 Å². The number of hydrogen-bond donors (Lipinski definition) is 0. The van der Waals surface area contributed by atoms with E-state index in [1.165, 1.54) is 5.56 Å². The fourth-order valence-corrected chi connectivity index (χ4v) is 1.28. The molecule has 0 bridgehead atoms. The standard InChI is InChI=1S/C14H18O2/c1-3-11-16-14(15)12(2)9-10-13-7-5-4-6-8-13/h4-9H,3,10-11H2,1-2H3. The minimum atomic E-state index is -0.210. The second-order valence-corrected chi connectivity index (χ2v) is 3.71. The van der Waals surface area contributed by atoms with Crippen LogP contribution in [-0.2, 0) is 16.0 Å². The van der Waals surface area contributed by atoms with E-state index in [2.05, 4.69) is 0 Å². The molecule has 0 unspecified atom stereocenters. The predicted molar refractivity (Wildman–Crippen MR) is 65.2 cm³/mol. The summed E-state index contributed by atoms with van der Waals surface area (Å²) in [6, 6.07) is 10.1. The highest BCUT2D eigenvalue weighted by molar-refractivity contribution is 5.87. The van der Waals surface area contributed by atoms with Crippen LogP contribution in [0.2, 0.25) is 0 Å². The molecule has 0 aliphatic heterocycles. The summed E-state index contributed by atoms with van der Waals surface area (Å²) in [5.41, 5.74) is 1.88. The van der Waals surface area contributed by atoms with Gasteiger partial charge in [0.15, 0.2) is 0 Å². The molecule has 1 aromatic carbocycles. The summed E-state index contributed by atoms with van der Waals surface area (Å²) in [6.07, 6.45) is 3.54. The monoisotopic (exact) mass is 218 g/mol. The maximum Gasteiger partial charge on any atom is 0.333 e. The molecule has 0 amide bonds.